The first-order valence-electron chi connectivity index (χ1n) is 8.49. The summed E-state index contributed by atoms with van der Waals surface area (Å²) in [6.45, 7) is 2.03. The largest absolute Gasteiger partial charge is 0.360 e. The van der Waals surface area contributed by atoms with Crippen molar-refractivity contribution in [2.75, 3.05) is 5.32 Å². The van der Waals surface area contributed by atoms with Crippen LogP contribution in [0, 0.1) is 17.0 Å². The van der Waals surface area contributed by atoms with Crippen LogP contribution >= 0.6 is 0 Å². The Morgan fingerprint density at radius 3 is 2.41 bits per heavy atom. The smallest absolute Gasteiger partial charge is 0.269 e. The number of non-ortho nitro benzene ring substituents is 1. The fourth-order valence-corrected chi connectivity index (χ4v) is 2.95. The Labute approximate surface area is 155 Å². The second kappa shape index (κ2) is 6.87. The molecular weight excluding hydrogens is 342 g/mol. The number of para-hydroxylation sites is 1. The third-order valence-corrected chi connectivity index (χ3v) is 4.40. The highest BCUT2D eigenvalue weighted by Crippen LogP contribution is 2.26. The molecule has 0 bridgehead atoms. The minimum Gasteiger partial charge on any atom is -0.360 e. The highest BCUT2D eigenvalue weighted by atomic mass is 16.6. The minimum atomic E-state index is -0.406. The molecule has 0 unspecified atom stereocenters. The van der Waals surface area contributed by atoms with Crippen molar-refractivity contribution in [1.29, 1.82) is 0 Å². The maximum atomic E-state index is 11.0. The van der Waals surface area contributed by atoms with Crippen LogP contribution in [0.4, 0.5) is 11.4 Å². The SMILES string of the molecule is Cc1ccc(N[C@H](c2ccc([N+](=O)[O-])cc2)n2nnc3ccccc32)cc1. The molecule has 7 heteroatoms. The molecule has 1 N–H and O–H groups in total. The molecule has 0 aliphatic heterocycles. The summed E-state index contributed by atoms with van der Waals surface area (Å²) >= 11 is 0. The van der Waals surface area contributed by atoms with E-state index in [1.54, 1.807) is 16.8 Å². The van der Waals surface area contributed by atoms with Crippen molar-refractivity contribution in [1.82, 2.24) is 15.0 Å². The van der Waals surface area contributed by atoms with Crippen molar-refractivity contribution in [2.45, 2.75) is 13.1 Å². The summed E-state index contributed by atoms with van der Waals surface area (Å²) in [7, 11) is 0. The second-order valence-electron chi connectivity index (χ2n) is 6.28. The van der Waals surface area contributed by atoms with E-state index in [4.69, 9.17) is 0 Å². The number of rotatable bonds is 5. The van der Waals surface area contributed by atoms with Gasteiger partial charge in [0.25, 0.3) is 5.69 Å². The van der Waals surface area contributed by atoms with Gasteiger partial charge in [0.1, 0.15) is 11.7 Å². The number of nitro groups is 1. The zero-order valence-electron chi connectivity index (χ0n) is 14.6. The molecule has 1 atom stereocenters. The summed E-state index contributed by atoms with van der Waals surface area (Å²) < 4.78 is 1.79. The van der Waals surface area contributed by atoms with E-state index in [1.165, 1.54) is 17.7 Å². The van der Waals surface area contributed by atoms with E-state index in [0.717, 1.165) is 22.3 Å². The zero-order valence-corrected chi connectivity index (χ0v) is 14.6. The number of aromatic nitrogens is 3. The monoisotopic (exact) mass is 359 g/mol. The van der Waals surface area contributed by atoms with Crippen LogP contribution in [0.25, 0.3) is 11.0 Å². The maximum absolute atomic E-state index is 11.0. The summed E-state index contributed by atoms with van der Waals surface area (Å²) in [5.74, 6) is 0. The van der Waals surface area contributed by atoms with E-state index in [9.17, 15) is 10.1 Å². The average Bonchev–Trinajstić information content (AvgIpc) is 3.11. The molecule has 7 nitrogen and oxygen atoms in total. The molecule has 1 aromatic heterocycles. The van der Waals surface area contributed by atoms with Gasteiger partial charge in [-0.3, -0.25) is 10.1 Å². The molecule has 0 spiro atoms. The lowest BCUT2D eigenvalue weighted by Gasteiger charge is -2.21. The van der Waals surface area contributed by atoms with Gasteiger partial charge in [-0.15, -0.1) is 5.10 Å². The Morgan fingerprint density at radius 1 is 1.00 bits per heavy atom. The molecule has 0 fully saturated rings. The minimum absolute atomic E-state index is 0.0521. The number of hydrogen-bond donors (Lipinski definition) is 1. The fraction of sp³-hybridized carbons (Fsp3) is 0.100. The molecule has 134 valence electrons. The van der Waals surface area contributed by atoms with Crippen LogP contribution < -0.4 is 5.32 Å². The number of hydrogen-bond acceptors (Lipinski definition) is 5. The van der Waals surface area contributed by atoms with E-state index in [0.29, 0.717) is 0 Å². The van der Waals surface area contributed by atoms with Gasteiger partial charge in [0.2, 0.25) is 0 Å². The topological polar surface area (TPSA) is 85.9 Å². The van der Waals surface area contributed by atoms with Crippen molar-refractivity contribution in [3.8, 4) is 0 Å². The molecule has 0 aliphatic rings. The van der Waals surface area contributed by atoms with Gasteiger partial charge in [-0.25, -0.2) is 4.68 Å². The lowest BCUT2D eigenvalue weighted by atomic mass is 10.1. The highest BCUT2D eigenvalue weighted by molar-refractivity contribution is 5.74. The number of aryl methyl sites for hydroxylation is 1. The quantitative estimate of drug-likeness (QED) is 0.424. The van der Waals surface area contributed by atoms with Gasteiger partial charge in [-0.2, -0.15) is 0 Å². The number of benzene rings is 3. The van der Waals surface area contributed by atoms with Crippen molar-refractivity contribution in [3.05, 3.63) is 94.0 Å². The predicted octanol–water partition coefficient (Wildman–Crippen LogP) is 4.31. The van der Waals surface area contributed by atoms with Gasteiger partial charge >= 0.3 is 0 Å². The van der Waals surface area contributed by atoms with Crippen LogP contribution in [0.2, 0.25) is 0 Å². The average molecular weight is 359 g/mol. The predicted molar refractivity (Wildman–Crippen MR) is 104 cm³/mol. The summed E-state index contributed by atoms with van der Waals surface area (Å²) in [6.07, 6.45) is -0.360. The summed E-state index contributed by atoms with van der Waals surface area (Å²) in [4.78, 5) is 10.6. The van der Waals surface area contributed by atoms with Crippen LogP contribution in [0.3, 0.4) is 0 Å². The Kier molecular flexibility index (Phi) is 4.25. The maximum Gasteiger partial charge on any atom is 0.269 e. The summed E-state index contributed by atoms with van der Waals surface area (Å²) in [5.41, 5.74) is 4.64. The molecule has 4 rings (SSSR count). The van der Waals surface area contributed by atoms with Crippen LogP contribution in [0.5, 0.6) is 0 Å². The molecule has 0 saturated heterocycles. The summed E-state index contributed by atoms with van der Waals surface area (Å²) in [6, 6.07) is 22.2. The summed E-state index contributed by atoms with van der Waals surface area (Å²) in [5, 5.41) is 23.0. The zero-order chi connectivity index (χ0) is 18.8. The van der Waals surface area contributed by atoms with Gasteiger partial charge in [0.05, 0.1) is 10.4 Å². The third kappa shape index (κ3) is 3.35. The Bertz CT molecular complexity index is 1090. The molecule has 0 radical (unpaired) electrons. The first kappa shape index (κ1) is 16.7. The van der Waals surface area contributed by atoms with Gasteiger partial charge < -0.3 is 5.32 Å². The van der Waals surface area contributed by atoms with E-state index in [2.05, 4.69) is 15.6 Å². The Hall–Kier alpha value is -3.74. The molecule has 27 heavy (non-hydrogen) atoms. The van der Waals surface area contributed by atoms with Crippen molar-refractivity contribution < 1.29 is 4.92 Å². The van der Waals surface area contributed by atoms with Gasteiger partial charge in [-0.05, 0) is 48.9 Å². The number of fused-ring (bicyclic) bond motifs is 1. The van der Waals surface area contributed by atoms with Gasteiger partial charge in [0, 0.05) is 17.8 Å². The number of nitrogens with one attached hydrogen (secondary N) is 1. The van der Waals surface area contributed by atoms with E-state index in [1.807, 2.05) is 55.5 Å². The first-order valence-corrected chi connectivity index (χ1v) is 8.49. The number of nitro benzene ring substituents is 1. The second-order valence-corrected chi connectivity index (χ2v) is 6.28. The lowest BCUT2D eigenvalue weighted by Crippen LogP contribution is -2.21. The van der Waals surface area contributed by atoms with Crippen LogP contribution in [0.15, 0.2) is 72.8 Å². The van der Waals surface area contributed by atoms with Gasteiger partial charge in [0.15, 0.2) is 0 Å². The first-order chi connectivity index (χ1) is 13.1. The normalized spacial score (nSPS) is 12.0. The number of anilines is 1. The lowest BCUT2D eigenvalue weighted by molar-refractivity contribution is -0.384. The van der Waals surface area contributed by atoms with Crippen LogP contribution in [0.1, 0.15) is 17.3 Å². The van der Waals surface area contributed by atoms with Crippen molar-refractivity contribution in [3.63, 3.8) is 0 Å². The molecule has 0 saturated carbocycles. The molecule has 0 amide bonds. The molecule has 0 aliphatic carbocycles. The Balaban J connectivity index is 1.79. The van der Waals surface area contributed by atoms with Crippen LogP contribution in [-0.2, 0) is 0 Å². The molecular formula is C20H17N5O2. The molecule has 1 heterocycles. The molecule has 3 aromatic carbocycles. The van der Waals surface area contributed by atoms with Crippen LogP contribution in [-0.4, -0.2) is 19.9 Å². The van der Waals surface area contributed by atoms with Crippen molar-refractivity contribution in [2.24, 2.45) is 0 Å². The Morgan fingerprint density at radius 2 is 1.70 bits per heavy atom. The fourth-order valence-electron chi connectivity index (χ4n) is 2.95. The van der Waals surface area contributed by atoms with Gasteiger partial charge in [-0.1, -0.05) is 35.0 Å². The highest BCUT2D eigenvalue weighted by Gasteiger charge is 2.19. The standard InChI is InChI=1S/C20H17N5O2/c1-14-6-10-16(11-7-14)21-20(15-8-12-17(13-9-15)25(26)27)24-19-5-3-2-4-18(19)22-23-24/h2-13,20-21H,1H3/t20-/m0/s1. The number of nitrogens with zero attached hydrogens (tertiary/aromatic N) is 4. The van der Waals surface area contributed by atoms with Crippen molar-refractivity contribution >= 4 is 22.4 Å². The van der Waals surface area contributed by atoms with E-state index >= 15 is 0 Å². The van der Waals surface area contributed by atoms with E-state index < -0.39 is 4.92 Å². The van der Waals surface area contributed by atoms with E-state index in [-0.39, 0.29) is 11.9 Å². The molecule has 4 aromatic rings. The third-order valence-electron chi connectivity index (χ3n) is 4.40.